The zero-order valence-electron chi connectivity index (χ0n) is 12.7. The number of carbonyl (C=O) groups is 2. The predicted octanol–water partition coefficient (Wildman–Crippen LogP) is 2.24. The highest BCUT2D eigenvalue weighted by Gasteiger charge is 2.12. The van der Waals surface area contributed by atoms with Crippen LogP contribution in [0.3, 0.4) is 0 Å². The Morgan fingerprint density at radius 2 is 2.00 bits per heavy atom. The van der Waals surface area contributed by atoms with Gasteiger partial charge in [0.05, 0.1) is 18.7 Å². The van der Waals surface area contributed by atoms with Crippen molar-refractivity contribution in [3.05, 3.63) is 40.9 Å². The molecule has 0 spiro atoms. The average Bonchev–Trinajstić information content (AvgIpc) is 2.94. The number of nitrogens with zero attached hydrogens (tertiary/aromatic N) is 1. The summed E-state index contributed by atoms with van der Waals surface area (Å²) in [6.45, 7) is 2.06. The third-order valence-corrected chi connectivity index (χ3v) is 4.59. The summed E-state index contributed by atoms with van der Waals surface area (Å²) in [4.78, 5) is 28.3. The maximum Gasteiger partial charge on any atom is 0.311 e. The second-order valence-corrected chi connectivity index (χ2v) is 6.80. The van der Waals surface area contributed by atoms with Crippen LogP contribution in [0, 0.1) is 0 Å². The Morgan fingerprint density at radius 3 is 2.61 bits per heavy atom. The summed E-state index contributed by atoms with van der Waals surface area (Å²) < 4.78 is 16.2. The average molecular weight is 352 g/mol. The van der Waals surface area contributed by atoms with Crippen LogP contribution in [0.15, 0.2) is 34.5 Å². The first kappa shape index (κ1) is 17.3. The van der Waals surface area contributed by atoms with Gasteiger partial charge in [-0.25, -0.2) is 4.98 Å². The van der Waals surface area contributed by atoms with Crippen molar-refractivity contribution in [1.82, 2.24) is 4.98 Å². The number of esters is 1. The summed E-state index contributed by atoms with van der Waals surface area (Å²) in [5, 5.41) is 4.79. The standard InChI is InChI=1S/C15H16N2O4S2/c1-3-21-13(18)8-11-9-22-15(16-11)17-14(19)10-4-6-12(7-5-10)23(2)20/h4-7,9H,3,8H2,1-2H3,(H,16,17,19). The summed E-state index contributed by atoms with van der Waals surface area (Å²) in [5.74, 6) is -0.658. The molecule has 23 heavy (non-hydrogen) atoms. The van der Waals surface area contributed by atoms with Crippen molar-refractivity contribution in [2.45, 2.75) is 18.2 Å². The van der Waals surface area contributed by atoms with E-state index in [2.05, 4.69) is 10.3 Å². The quantitative estimate of drug-likeness (QED) is 0.806. The SMILES string of the molecule is CCOC(=O)Cc1csc(NC(=O)c2ccc(S(C)=O)cc2)n1. The molecule has 0 radical (unpaired) electrons. The fourth-order valence-electron chi connectivity index (χ4n) is 1.77. The van der Waals surface area contributed by atoms with Crippen LogP contribution < -0.4 is 5.32 Å². The van der Waals surface area contributed by atoms with Crippen LogP contribution in [0.25, 0.3) is 0 Å². The van der Waals surface area contributed by atoms with Gasteiger partial charge in [-0.05, 0) is 31.2 Å². The van der Waals surface area contributed by atoms with Crippen LogP contribution >= 0.6 is 11.3 Å². The molecule has 1 amide bonds. The minimum absolute atomic E-state index is 0.0806. The second-order valence-electron chi connectivity index (χ2n) is 4.56. The van der Waals surface area contributed by atoms with E-state index in [-0.39, 0.29) is 18.3 Å². The predicted molar refractivity (Wildman–Crippen MR) is 89.2 cm³/mol. The van der Waals surface area contributed by atoms with E-state index >= 15 is 0 Å². The van der Waals surface area contributed by atoms with Crippen LogP contribution in [-0.2, 0) is 26.8 Å². The number of nitrogens with one attached hydrogen (secondary N) is 1. The summed E-state index contributed by atoms with van der Waals surface area (Å²) in [5.41, 5.74) is 1.00. The third kappa shape index (κ3) is 4.97. The van der Waals surface area contributed by atoms with Gasteiger partial charge in [-0.2, -0.15) is 0 Å². The fourth-order valence-corrected chi connectivity index (χ4v) is 3.00. The number of carbonyl (C=O) groups excluding carboxylic acids is 2. The lowest BCUT2D eigenvalue weighted by molar-refractivity contribution is -0.142. The van der Waals surface area contributed by atoms with Crippen molar-refractivity contribution in [3.63, 3.8) is 0 Å². The highest BCUT2D eigenvalue weighted by Crippen LogP contribution is 2.17. The number of rotatable bonds is 6. The molecule has 0 aliphatic carbocycles. The maximum atomic E-state index is 12.1. The Morgan fingerprint density at radius 1 is 1.30 bits per heavy atom. The molecule has 1 unspecified atom stereocenters. The van der Waals surface area contributed by atoms with Crippen LogP contribution in [0.1, 0.15) is 23.0 Å². The van der Waals surface area contributed by atoms with Crippen molar-refractivity contribution in [2.75, 3.05) is 18.2 Å². The third-order valence-electron chi connectivity index (χ3n) is 2.85. The molecule has 122 valence electrons. The number of thiazole rings is 1. The molecule has 1 aromatic heterocycles. The molecule has 1 N–H and O–H groups in total. The van der Waals surface area contributed by atoms with Gasteiger partial charge in [0.2, 0.25) is 0 Å². The second kappa shape index (κ2) is 7.98. The summed E-state index contributed by atoms with van der Waals surface area (Å²) in [6.07, 6.45) is 1.66. The van der Waals surface area contributed by atoms with Crippen molar-refractivity contribution in [3.8, 4) is 0 Å². The topological polar surface area (TPSA) is 85.4 Å². The first-order valence-corrected chi connectivity index (χ1v) is 9.28. The molecule has 0 aliphatic rings. The van der Waals surface area contributed by atoms with Gasteiger partial charge in [0.1, 0.15) is 0 Å². The molecule has 0 fully saturated rings. The largest absolute Gasteiger partial charge is 0.466 e. The molecule has 1 heterocycles. The van der Waals surface area contributed by atoms with Crippen LogP contribution in [-0.4, -0.2) is 33.9 Å². The fraction of sp³-hybridized carbons (Fsp3) is 0.267. The minimum Gasteiger partial charge on any atom is -0.466 e. The molecule has 0 bridgehead atoms. The lowest BCUT2D eigenvalue weighted by Crippen LogP contribution is -2.12. The lowest BCUT2D eigenvalue weighted by atomic mass is 10.2. The molecule has 6 nitrogen and oxygen atoms in total. The first-order chi connectivity index (χ1) is 11.0. The van der Waals surface area contributed by atoms with Gasteiger partial charge in [-0.15, -0.1) is 11.3 Å². The van der Waals surface area contributed by atoms with E-state index in [0.29, 0.717) is 27.9 Å². The molecule has 1 atom stereocenters. The summed E-state index contributed by atoms with van der Waals surface area (Å²) in [7, 11) is -1.08. The number of aromatic nitrogens is 1. The van der Waals surface area contributed by atoms with Gasteiger partial charge in [-0.3, -0.25) is 19.1 Å². The van der Waals surface area contributed by atoms with Crippen LogP contribution in [0.2, 0.25) is 0 Å². The number of hydrogen-bond donors (Lipinski definition) is 1. The smallest absolute Gasteiger partial charge is 0.311 e. The molecule has 2 aromatic rings. The van der Waals surface area contributed by atoms with Crippen molar-refractivity contribution >= 4 is 39.1 Å². The zero-order chi connectivity index (χ0) is 16.8. The minimum atomic E-state index is -1.08. The van der Waals surface area contributed by atoms with Gasteiger partial charge in [0.15, 0.2) is 5.13 Å². The number of anilines is 1. The van der Waals surface area contributed by atoms with E-state index in [0.717, 1.165) is 0 Å². The number of hydrogen-bond acceptors (Lipinski definition) is 6. The molecule has 0 saturated heterocycles. The Kier molecular flexibility index (Phi) is 6.00. The van der Waals surface area contributed by atoms with Crippen LogP contribution in [0.4, 0.5) is 5.13 Å². The molecular formula is C15H16N2O4S2. The van der Waals surface area contributed by atoms with E-state index in [1.807, 2.05) is 0 Å². The molecule has 8 heteroatoms. The Hall–Kier alpha value is -2.06. The van der Waals surface area contributed by atoms with Gasteiger partial charge in [-0.1, -0.05) is 0 Å². The number of benzene rings is 1. The highest BCUT2D eigenvalue weighted by molar-refractivity contribution is 7.84. The molecular weight excluding hydrogens is 336 g/mol. The molecule has 0 aliphatic heterocycles. The van der Waals surface area contributed by atoms with E-state index in [4.69, 9.17) is 4.74 Å². The molecule has 2 rings (SSSR count). The summed E-state index contributed by atoms with van der Waals surface area (Å²) >= 11 is 1.24. The normalized spacial score (nSPS) is 11.7. The molecule has 0 saturated carbocycles. The van der Waals surface area contributed by atoms with Gasteiger partial charge >= 0.3 is 5.97 Å². The van der Waals surface area contributed by atoms with Crippen LogP contribution in [0.5, 0.6) is 0 Å². The zero-order valence-corrected chi connectivity index (χ0v) is 14.3. The molecule has 1 aromatic carbocycles. The van der Waals surface area contributed by atoms with Gasteiger partial charge in [0, 0.05) is 32.9 Å². The van der Waals surface area contributed by atoms with Gasteiger partial charge in [0.25, 0.3) is 5.91 Å². The Labute approximate surface area is 140 Å². The van der Waals surface area contributed by atoms with E-state index in [9.17, 15) is 13.8 Å². The van der Waals surface area contributed by atoms with Crippen molar-refractivity contribution in [1.29, 1.82) is 0 Å². The highest BCUT2D eigenvalue weighted by atomic mass is 32.2. The Balaban J connectivity index is 1.99. The number of amides is 1. The monoisotopic (exact) mass is 352 g/mol. The summed E-state index contributed by atoms with van der Waals surface area (Å²) in [6, 6.07) is 6.52. The lowest BCUT2D eigenvalue weighted by Gasteiger charge is -2.03. The van der Waals surface area contributed by atoms with Crippen molar-refractivity contribution < 1.29 is 18.5 Å². The van der Waals surface area contributed by atoms with E-state index in [1.54, 1.807) is 42.8 Å². The number of ether oxygens (including phenoxy) is 1. The Bertz CT molecular complexity index is 725. The van der Waals surface area contributed by atoms with E-state index < -0.39 is 10.8 Å². The van der Waals surface area contributed by atoms with Gasteiger partial charge < -0.3 is 4.74 Å². The van der Waals surface area contributed by atoms with E-state index in [1.165, 1.54) is 11.3 Å². The first-order valence-electron chi connectivity index (χ1n) is 6.84. The maximum absolute atomic E-state index is 12.1. The van der Waals surface area contributed by atoms with Crippen molar-refractivity contribution in [2.24, 2.45) is 0 Å².